The third kappa shape index (κ3) is 4.89. The highest BCUT2D eigenvalue weighted by Crippen LogP contribution is 2.22. The first-order valence-corrected chi connectivity index (χ1v) is 10.8. The van der Waals surface area contributed by atoms with Gasteiger partial charge < -0.3 is 15.0 Å². The Morgan fingerprint density at radius 3 is 2.35 bits per heavy atom. The fraction of sp³-hybridized carbons (Fsp3) is 0.200. The van der Waals surface area contributed by atoms with Gasteiger partial charge in [-0.3, -0.25) is 4.79 Å². The van der Waals surface area contributed by atoms with E-state index >= 15 is 0 Å². The van der Waals surface area contributed by atoms with Gasteiger partial charge in [0.25, 0.3) is 15.9 Å². The van der Waals surface area contributed by atoms with E-state index in [1.54, 1.807) is 26.8 Å². The van der Waals surface area contributed by atoms with Crippen LogP contribution in [0.1, 0.15) is 39.0 Å². The van der Waals surface area contributed by atoms with Crippen LogP contribution in [0.2, 0.25) is 0 Å². The molecule has 1 aromatic carbocycles. The van der Waals surface area contributed by atoms with Crippen molar-refractivity contribution in [3.8, 4) is 0 Å². The van der Waals surface area contributed by atoms with Crippen molar-refractivity contribution in [2.24, 2.45) is 0 Å². The highest BCUT2D eigenvalue weighted by molar-refractivity contribution is 7.92. The largest absolute Gasteiger partial charge is 0.461 e. The van der Waals surface area contributed by atoms with E-state index in [1.807, 2.05) is 0 Å². The van der Waals surface area contributed by atoms with Crippen LogP contribution in [0.25, 0.3) is 0 Å². The number of benzene rings is 1. The number of anilines is 2. The molecule has 0 unspecified atom stereocenters. The Morgan fingerprint density at radius 2 is 1.74 bits per heavy atom. The summed E-state index contributed by atoms with van der Waals surface area (Å²) in [7, 11) is -3.88. The van der Waals surface area contributed by atoms with Crippen molar-refractivity contribution in [1.29, 1.82) is 0 Å². The van der Waals surface area contributed by atoms with Gasteiger partial charge in [-0.25, -0.2) is 27.9 Å². The van der Waals surface area contributed by atoms with Crippen LogP contribution in [0, 0.1) is 13.8 Å². The number of hydrogen-bond acceptors (Lipinski definition) is 7. The second kappa shape index (κ2) is 8.96. The van der Waals surface area contributed by atoms with E-state index in [0.717, 1.165) is 0 Å². The number of hydrogen-bond donors (Lipinski definition) is 3. The van der Waals surface area contributed by atoms with Crippen molar-refractivity contribution < 1.29 is 22.7 Å². The summed E-state index contributed by atoms with van der Waals surface area (Å²) in [6.07, 6.45) is 2.84. The van der Waals surface area contributed by atoms with E-state index in [4.69, 9.17) is 4.74 Å². The quantitative estimate of drug-likeness (QED) is 0.476. The molecule has 10 nitrogen and oxygen atoms in total. The number of sulfonamides is 1. The first kappa shape index (κ1) is 22.0. The second-order valence-electron chi connectivity index (χ2n) is 6.50. The number of rotatable bonds is 7. The molecule has 0 radical (unpaired) electrons. The smallest absolute Gasteiger partial charge is 0.355 e. The molecule has 162 valence electrons. The Balaban J connectivity index is 1.76. The van der Waals surface area contributed by atoms with Crippen molar-refractivity contribution in [3.05, 3.63) is 65.2 Å². The summed E-state index contributed by atoms with van der Waals surface area (Å²) in [4.78, 5) is 35.3. The number of nitrogens with one attached hydrogen (secondary N) is 3. The van der Waals surface area contributed by atoms with Crippen molar-refractivity contribution >= 4 is 33.5 Å². The molecule has 11 heteroatoms. The van der Waals surface area contributed by atoms with E-state index in [1.165, 1.54) is 36.7 Å². The molecule has 3 N–H and O–H groups in total. The van der Waals surface area contributed by atoms with Crippen molar-refractivity contribution in [3.63, 3.8) is 0 Å². The number of esters is 1. The summed E-state index contributed by atoms with van der Waals surface area (Å²) < 4.78 is 32.1. The summed E-state index contributed by atoms with van der Waals surface area (Å²) in [6, 6.07) is 7.19. The van der Waals surface area contributed by atoms with Gasteiger partial charge in [-0.1, -0.05) is 0 Å². The lowest BCUT2D eigenvalue weighted by atomic mass is 10.1. The number of ether oxygens (including phenoxy) is 1. The van der Waals surface area contributed by atoms with Gasteiger partial charge in [0.15, 0.2) is 0 Å². The molecule has 0 atom stereocenters. The minimum atomic E-state index is -3.88. The molecule has 0 fully saturated rings. The molecule has 2 heterocycles. The lowest BCUT2D eigenvalue weighted by molar-refractivity contribution is 0.0519. The maximum absolute atomic E-state index is 12.7. The Morgan fingerprint density at radius 1 is 1.10 bits per heavy atom. The fourth-order valence-corrected chi connectivity index (χ4v) is 3.90. The number of amides is 1. The molecule has 3 aromatic rings. The van der Waals surface area contributed by atoms with Gasteiger partial charge in [0.1, 0.15) is 5.69 Å². The summed E-state index contributed by atoms with van der Waals surface area (Å²) in [5.41, 5.74) is 1.92. The number of H-pyrrole nitrogens is 1. The SMILES string of the molecule is CCOC(=O)c1[nH]c(C)c(C(=O)Nc2ccc(S(=O)(=O)Nc3ncccn3)cc2)c1C. The van der Waals surface area contributed by atoms with Crippen LogP contribution in [0.15, 0.2) is 47.6 Å². The van der Waals surface area contributed by atoms with Crippen LogP contribution in [-0.2, 0) is 14.8 Å². The Labute approximate surface area is 179 Å². The van der Waals surface area contributed by atoms with E-state index in [2.05, 4.69) is 25.0 Å². The highest BCUT2D eigenvalue weighted by Gasteiger charge is 2.23. The maximum Gasteiger partial charge on any atom is 0.355 e. The topological polar surface area (TPSA) is 143 Å². The number of aryl methyl sites for hydroxylation is 1. The van der Waals surface area contributed by atoms with Gasteiger partial charge >= 0.3 is 5.97 Å². The van der Waals surface area contributed by atoms with Crippen molar-refractivity contribution in [1.82, 2.24) is 15.0 Å². The third-order valence-corrected chi connectivity index (χ3v) is 5.70. The van der Waals surface area contributed by atoms with Gasteiger partial charge in [-0.05, 0) is 56.7 Å². The van der Waals surface area contributed by atoms with E-state index in [-0.39, 0.29) is 23.1 Å². The minimum Gasteiger partial charge on any atom is -0.461 e. The number of nitrogens with zero attached hydrogens (tertiary/aromatic N) is 2. The van der Waals surface area contributed by atoms with Crippen LogP contribution >= 0.6 is 0 Å². The number of aromatic amines is 1. The third-order valence-electron chi connectivity index (χ3n) is 4.36. The number of carbonyl (C=O) groups excluding carboxylic acids is 2. The van der Waals surface area contributed by atoms with Gasteiger partial charge in [-0.2, -0.15) is 0 Å². The molecule has 0 saturated heterocycles. The monoisotopic (exact) mass is 443 g/mol. The number of carbonyl (C=O) groups is 2. The molecule has 0 aliphatic heterocycles. The Kier molecular flexibility index (Phi) is 6.35. The summed E-state index contributed by atoms with van der Waals surface area (Å²) in [5, 5.41) is 2.70. The van der Waals surface area contributed by atoms with Crippen molar-refractivity contribution in [2.75, 3.05) is 16.6 Å². The van der Waals surface area contributed by atoms with Crippen LogP contribution in [0.4, 0.5) is 11.6 Å². The molecular formula is C20H21N5O5S. The average molecular weight is 443 g/mol. The van der Waals surface area contributed by atoms with E-state index in [9.17, 15) is 18.0 Å². The molecular weight excluding hydrogens is 422 g/mol. The predicted molar refractivity (Wildman–Crippen MR) is 113 cm³/mol. The summed E-state index contributed by atoms with van der Waals surface area (Å²) >= 11 is 0. The van der Waals surface area contributed by atoms with E-state index < -0.39 is 21.9 Å². The van der Waals surface area contributed by atoms with Crippen molar-refractivity contribution in [2.45, 2.75) is 25.7 Å². The fourth-order valence-electron chi connectivity index (χ4n) is 2.94. The standard InChI is InChI=1S/C20H21N5O5S/c1-4-30-19(27)17-12(2)16(13(3)23-17)18(26)24-14-6-8-15(9-7-14)31(28,29)25-20-21-10-5-11-22-20/h5-11,23H,4H2,1-3H3,(H,24,26)(H,21,22,25). The van der Waals surface area contributed by atoms with Crippen LogP contribution in [0.5, 0.6) is 0 Å². The zero-order valence-electron chi connectivity index (χ0n) is 17.1. The molecule has 3 rings (SSSR count). The van der Waals surface area contributed by atoms with E-state index in [0.29, 0.717) is 22.5 Å². The average Bonchev–Trinajstić information content (AvgIpc) is 3.03. The van der Waals surface area contributed by atoms with Crippen LogP contribution < -0.4 is 10.0 Å². The van der Waals surface area contributed by atoms with Gasteiger partial charge in [-0.15, -0.1) is 0 Å². The summed E-state index contributed by atoms with van der Waals surface area (Å²) in [5.74, 6) is -1.02. The summed E-state index contributed by atoms with van der Waals surface area (Å²) in [6.45, 7) is 5.25. The van der Waals surface area contributed by atoms with Gasteiger partial charge in [0, 0.05) is 23.8 Å². The molecule has 0 aliphatic carbocycles. The molecule has 31 heavy (non-hydrogen) atoms. The second-order valence-corrected chi connectivity index (χ2v) is 8.18. The van der Waals surface area contributed by atoms with Crippen LogP contribution in [0.3, 0.4) is 0 Å². The predicted octanol–water partition coefficient (Wildman–Crippen LogP) is 2.65. The molecule has 1 amide bonds. The lowest BCUT2D eigenvalue weighted by Gasteiger charge is -2.09. The lowest BCUT2D eigenvalue weighted by Crippen LogP contribution is -2.16. The zero-order chi connectivity index (χ0) is 22.6. The van der Waals surface area contributed by atoms with Gasteiger partial charge in [0.05, 0.1) is 17.1 Å². The first-order valence-electron chi connectivity index (χ1n) is 9.30. The molecule has 0 bridgehead atoms. The number of aromatic nitrogens is 3. The highest BCUT2D eigenvalue weighted by atomic mass is 32.2. The Hall–Kier alpha value is -3.73. The first-order chi connectivity index (χ1) is 14.7. The molecule has 2 aromatic heterocycles. The van der Waals surface area contributed by atoms with Crippen LogP contribution in [-0.4, -0.2) is 41.9 Å². The van der Waals surface area contributed by atoms with Gasteiger partial charge in [0.2, 0.25) is 5.95 Å². The molecule has 0 aliphatic rings. The minimum absolute atomic E-state index is 0.0171. The zero-order valence-corrected chi connectivity index (χ0v) is 17.9. The Bertz CT molecular complexity index is 1200. The maximum atomic E-state index is 12.7. The normalized spacial score (nSPS) is 11.1. The molecule has 0 spiro atoms. The molecule has 0 saturated carbocycles.